The second-order valence-electron chi connectivity index (χ2n) is 7.14. The lowest BCUT2D eigenvalue weighted by molar-refractivity contribution is 0.455. The van der Waals surface area contributed by atoms with Crippen molar-refractivity contribution in [2.75, 3.05) is 0 Å². The van der Waals surface area contributed by atoms with Gasteiger partial charge in [-0.15, -0.1) is 0 Å². The molecule has 1 fully saturated rings. The fourth-order valence-electron chi connectivity index (χ4n) is 3.67. The SMILES string of the molecule is Cn1cc(-c2cc3nccn3c(-c3ccn(C(CC#N)C4CC4)c3)n2)cn1. The Morgan fingerprint density at radius 1 is 1.26 bits per heavy atom. The average Bonchev–Trinajstić information content (AvgIpc) is 3.07. The Morgan fingerprint density at radius 2 is 2.15 bits per heavy atom. The zero-order valence-corrected chi connectivity index (χ0v) is 15.0. The van der Waals surface area contributed by atoms with Crippen molar-refractivity contribution in [1.82, 2.24) is 28.7 Å². The van der Waals surface area contributed by atoms with Crippen LogP contribution in [0.5, 0.6) is 0 Å². The fourth-order valence-corrected chi connectivity index (χ4v) is 3.67. The number of fused-ring (bicyclic) bond motifs is 1. The fraction of sp³-hybridized carbons (Fsp3) is 0.300. The highest BCUT2D eigenvalue weighted by molar-refractivity contribution is 5.68. The molecule has 1 saturated carbocycles. The van der Waals surface area contributed by atoms with Gasteiger partial charge in [0.05, 0.1) is 24.4 Å². The van der Waals surface area contributed by atoms with Crippen molar-refractivity contribution in [3.63, 3.8) is 0 Å². The first kappa shape index (κ1) is 15.8. The normalized spacial score (nSPS) is 15.1. The Labute approximate surface area is 156 Å². The lowest BCUT2D eigenvalue weighted by Gasteiger charge is -2.14. The minimum atomic E-state index is 0.253. The maximum absolute atomic E-state index is 9.18. The molecule has 0 N–H and O–H groups in total. The standard InChI is InChI=1S/C20H19N7/c1-25-12-16(11-23-25)17-10-19-22-7-9-27(19)20(24-17)15-5-8-26(13-15)18(4-6-21)14-2-3-14/h5,7-14,18H,2-4H2,1H3. The number of aromatic nitrogens is 6. The summed E-state index contributed by atoms with van der Waals surface area (Å²) in [6, 6.07) is 6.63. The quantitative estimate of drug-likeness (QED) is 0.548. The molecular formula is C20H19N7. The highest BCUT2D eigenvalue weighted by Crippen LogP contribution is 2.42. The zero-order valence-electron chi connectivity index (χ0n) is 15.0. The summed E-state index contributed by atoms with van der Waals surface area (Å²) in [5, 5.41) is 13.4. The third-order valence-electron chi connectivity index (χ3n) is 5.21. The van der Waals surface area contributed by atoms with Crippen LogP contribution in [-0.2, 0) is 7.05 Å². The molecule has 1 unspecified atom stereocenters. The highest BCUT2D eigenvalue weighted by Gasteiger charge is 2.32. The van der Waals surface area contributed by atoms with E-state index in [2.05, 4.69) is 39.2 Å². The number of nitriles is 1. The molecule has 1 aliphatic carbocycles. The molecule has 1 aliphatic rings. The predicted molar refractivity (Wildman–Crippen MR) is 101 cm³/mol. The molecule has 4 heterocycles. The molecule has 7 nitrogen and oxygen atoms in total. The molecule has 27 heavy (non-hydrogen) atoms. The van der Waals surface area contributed by atoms with E-state index < -0.39 is 0 Å². The van der Waals surface area contributed by atoms with Crippen molar-refractivity contribution in [2.24, 2.45) is 13.0 Å². The predicted octanol–water partition coefficient (Wildman–Crippen LogP) is 3.46. The van der Waals surface area contributed by atoms with E-state index >= 15 is 0 Å². The van der Waals surface area contributed by atoms with Crippen molar-refractivity contribution >= 4 is 5.65 Å². The summed E-state index contributed by atoms with van der Waals surface area (Å²) in [6.07, 6.45) is 14.6. The Kier molecular flexibility index (Phi) is 3.57. The molecule has 0 bridgehead atoms. The lowest BCUT2D eigenvalue weighted by atomic mass is 10.1. The molecule has 0 aliphatic heterocycles. The van der Waals surface area contributed by atoms with Gasteiger partial charge in [-0.1, -0.05) is 0 Å². The van der Waals surface area contributed by atoms with Gasteiger partial charge in [0.2, 0.25) is 0 Å². The van der Waals surface area contributed by atoms with Crippen LogP contribution in [0.1, 0.15) is 25.3 Å². The molecule has 0 saturated heterocycles. The molecule has 0 amide bonds. The summed E-state index contributed by atoms with van der Waals surface area (Å²) < 4.78 is 5.94. The van der Waals surface area contributed by atoms with E-state index in [1.54, 1.807) is 10.9 Å². The van der Waals surface area contributed by atoms with Crippen molar-refractivity contribution in [3.8, 4) is 28.7 Å². The van der Waals surface area contributed by atoms with E-state index in [-0.39, 0.29) is 6.04 Å². The first-order valence-electron chi connectivity index (χ1n) is 9.11. The second kappa shape index (κ2) is 6.09. The third-order valence-corrected chi connectivity index (χ3v) is 5.21. The van der Waals surface area contributed by atoms with Crippen LogP contribution in [0.25, 0.3) is 28.3 Å². The van der Waals surface area contributed by atoms with Crippen LogP contribution in [0.15, 0.2) is 49.3 Å². The Bertz CT molecular complexity index is 1150. The van der Waals surface area contributed by atoms with E-state index in [0.29, 0.717) is 12.3 Å². The summed E-state index contributed by atoms with van der Waals surface area (Å²) >= 11 is 0. The smallest absolute Gasteiger partial charge is 0.147 e. The summed E-state index contributed by atoms with van der Waals surface area (Å²) in [5.41, 5.74) is 3.68. The molecule has 0 radical (unpaired) electrons. The number of imidazole rings is 1. The van der Waals surface area contributed by atoms with Crippen molar-refractivity contribution in [3.05, 3.63) is 49.3 Å². The van der Waals surface area contributed by atoms with E-state index in [4.69, 9.17) is 4.98 Å². The van der Waals surface area contributed by atoms with Gasteiger partial charge in [0, 0.05) is 61.3 Å². The Balaban J connectivity index is 1.60. The number of hydrogen-bond donors (Lipinski definition) is 0. The van der Waals surface area contributed by atoms with Gasteiger partial charge >= 0.3 is 0 Å². The number of aryl methyl sites for hydroxylation is 1. The van der Waals surface area contributed by atoms with E-state index in [1.165, 1.54) is 12.8 Å². The van der Waals surface area contributed by atoms with Crippen LogP contribution in [0.3, 0.4) is 0 Å². The number of rotatable bonds is 5. The van der Waals surface area contributed by atoms with Crippen LogP contribution < -0.4 is 0 Å². The van der Waals surface area contributed by atoms with Crippen LogP contribution in [-0.4, -0.2) is 28.7 Å². The largest absolute Gasteiger partial charge is 0.349 e. The van der Waals surface area contributed by atoms with Gasteiger partial charge in [-0.05, 0) is 24.8 Å². The van der Waals surface area contributed by atoms with Crippen LogP contribution >= 0.6 is 0 Å². The first-order valence-corrected chi connectivity index (χ1v) is 9.11. The number of nitrogens with zero attached hydrogens (tertiary/aromatic N) is 7. The second-order valence-corrected chi connectivity index (χ2v) is 7.14. The molecule has 134 valence electrons. The van der Waals surface area contributed by atoms with Gasteiger partial charge in [-0.2, -0.15) is 10.4 Å². The Hall–Kier alpha value is -3.40. The Morgan fingerprint density at radius 3 is 2.89 bits per heavy atom. The van der Waals surface area contributed by atoms with Crippen molar-refractivity contribution in [2.45, 2.75) is 25.3 Å². The monoisotopic (exact) mass is 357 g/mol. The number of hydrogen-bond acceptors (Lipinski definition) is 4. The molecular weight excluding hydrogens is 338 g/mol. The zero-order chi connectivity index (χ0) is 18.4. The van der Waals surface area contributed by atoms with Crippen molar-refractivity contribution in [1.29, 1.82) is 5.26 Å². The molecule has 0 aromatic carbocycles. The summed E-state index contributed by atoms with van der Waals surface area (Å²) in [7, 11) is 1.89. The van der Waals surface area contributed by atoms with Gasteiger partial charge in [0.25, 0.3) is 0 Å². The summed E-state index contributed by atoms with van der Waals surface area (Å²) in [4.78, 5) is 9.35. The minimum absolute atomic E-state index is 0.253. The first-order chi connectivity index (χ1) is 13.2. The maximum Gasteiger partial charge on any atom is 0.147 e. The summed E-state index contributed by atoms with van der Waals surface area (Å²) in [6.45, 7) is 0. The van der Waals surface area contributed by atoms with Crippen molar-refractivity contribution < 1.29 is 0 Å². The maximum atomic E-state index is 9.18. The van der Waals surface area contributed by atoms with Gasteiger partial charge in [-0.25, -0.2) is 9.97 Å². The third kappa shape index (κ3) is 2.79. The van der Waals surface area contributed by atoms with E-state index in [0.717, 1.165) is 28.3 Å². The van der Waals surface area contributed by atoms with Crippen LogP contribution in [0.2, 0.25) is 0 Å². The van der Waals surface area contributed by atoms with Gasteiger partial charge in [0.15, 0.2) is 0 Å². The van der Waals surface area contributed by atoms with Crippen LogP contribution in [0, 0.1) is 17.2 Å². The molecule has 5 rings (SSSR count). The van der Waals surface area contributed by atoms with Gasteiger partial charge in [0.1, 0.15) is 11.5 Å². The molecule has 1 atom stereocenters. The topological polar surface area (TPSA) is 76.7 Å². The summed E-state index contributed by atoms with van der Waals surface area (Å²) in [5.74, 6) is 1.46. The molecule has 0 spiro atoms. The average molecular weight is 357 g/mol. The highest BCUT2D eigenvalue weighted by atomic mass is 15.2. The molecule has 7 heteroatoms. The molecule has 4 aromatic heterocycles. The van der Waals surface area contributed by atoms with Gasteiger partial charge < -0.3 is 4.57 Å². The lowest BCUT2D eigenvalue weighted by Crippen LogP contribution is -2.08. The van der Waals surface area contributed by atoms with Crippen LogP contribution in [0.4, 0.5) is 0 Å². The van der Waals surface area contributed by atoms with Gasteiger partial charge in [-0.3, -0.25) is 9.08 Å². The van der Waals surface area contributed by atoms with E-state index in [9.17, 15) is 5.26 Å². The molecule has 4 aromatic rings. The van der Waals surface area contributed by atoms with E-state index in [1.807, 2.05) is 36.1 Å². The minimum Gasteiger partial charge on any atom is -0.349 e.